The number of benzene rings is 1. The summed E-state index contributed by atoms with van der Waals surface area (Å²) in [5, 5.41) is 3.47. The van der Waals surface area contributed by atoms with Crippen LogP contribution in [0.1, 0.15) is 37.0 Å². The third kappa shape index (κ3) is 6.41. The summed E-state index contributed by atoms with van der Waals surface area (Å²) in [6.45, 7) is 5.42. The van der Waals surface area contributed by atoms with Crippen molar-refractivity contribution in [3.8, 4) is 0 Å². The Labute approximate surface area is 127 Å². The van der Waals surface area contributed by atoms with E-state index in [1.807, 2.05) is 13.8 Å². The molecule has 0 aliphatic rings. The summed E-state index contributed by atoms with van der Waals surface area (Å²) in [6, 6.07) is 5.14. The first-order valence-electron chi connectivity index (χ1n) is 6.35. The molecule has 1 rings (SSSR count). The second-order valence-corrected chi connectivity index (χ2v) is 5.77. The lowest BCUT2D eigenvalue weighted by Crippen LogP contribution is -2.24. The number of carbonyl (C=O) groups excluding carboxylic acids is 1. The highest BCUT2D eigenvalue weighted by molar-refractivity contribution is 9.10. The molecule has 0 heterocycles. The summed E-state index contributed by atoms with van der Waals surface area (Å²) >= 11 is 9.18. The largest absolute Gasteiger partial charge is 0.379 e. The molecule has 19 heavy (non-hydrogen) atoms. The summed E-state index contributed by atoms with van der Waals surface area (Å²) in [5.74, 6) is -0.0813. The summed E-state index contributed by atoms with van der Waals surface area (Å²) in [4.78, 5) is 11.8. The lowest BCUT2D eigenvalue weighted by atomic mass is 10.2. The van der Waals surface area contributed by atoms with Gasteiger partial charge in [0.2, 0.25) is 0 Å². The average Bonchev–Trinajstić information content (AvgIpc) is 2.36. The van der Waals surface area contributed by atoms with E-state index >= 15 is 0 Å². The van der Waals surface area contributed by atoms with E-state index in [0.717, 1.165) is 23.9 Å². The molecular formula is C14H19BrClNO2. The van der Waals surface area contributed by atoms with E-state index in [4.69, 9.17) is 16.3 Å². The van der Waals surface area contributed by atoms with Crippen LogP contribution in [0.5, 0.6) is 0 Å². The van der Waals surface area contributed by atoms with E-state index in [-0.39, 0.29) is 12.0 Å². The zero-order valence-electron chi connectivity index (χ0n) is 11.2. The minimum absolute atomic E-state index is 0.0813. The highest BCUT2D eigenvalue weighted by Gasteiger charge is 2.06. The minimum atomic E-state index is -0.0813. The molecule has 3 nitrogen and oxygen atoms in total. The summed E-state index contributed by atoms with van der Waals surface area (Å²) in [5.41, 5.74) is 0.606. The number of amides is 1. The smallest absolute Gasteiger partial charge is 0.251 e. The maximum atomic E-state index is 11.8. The number of carbonyl (C=O) groups is 1. The zero-order valence-corrected chi connectivity index (χ0v) is 13.6. The van der Waals surface area contributed by atoms with Gasteiger partial charge >= 0.3 is 0 Å². The predicted molar refractivity (Wildman–Crippen MR) is 81.8 cm³/mol. The number of rotatable bonds is 7. The molecule has 1 aromatic carbocycles. The van der Waals surface area contributed by atoms with Crippen LogP contribution in [0.15, 0.2) is 22.7 Å². The van der Waals surface area contributed by atoms with E-state index < -0.39 is 0 Å². The molecule has 5 heteroatoms. The van der Waals surface area contributed by atoms with Crippen LogP contribution in [0.2, 0.25) is 5.02 Å². The van der Waals surface area contributed by atoms with Crippen molar-refractivity contribution in [2.75, 3.05) is 13.2 Å². The van der Waals surface area contributed by atoms with Crippen LogP contribution in [0.3, 0.4) is 0 Å². The van der Waals surface area contributed by atoms with Gasteiger partial charge in [-0.05, 0) is 60.8 Å². The molecule has 0 aromatic heterocycles. The van der Waals surface area contributed by atoms with Gasteiger partial charge in [0.15, 0.2) is 0 Å². The SMILES string of the molecule is CC(C)OCCCCNC(=O)c1ccc(Cl)c(Br)c1. The summed E-state index contributed by atoms with van der Waals surface area (Å²) in [6.07, 6.45) is 2.12. The fraction of sp³-hybridized carbons (Fsp3) is 0.500. The van der Waals surface area contributed by atoms with Crippen LogP contribution < -0.4 is 5.32 Å². The predicted octanol–water partition coefficient (Wildman–Crippen LogP) is 4.04. The molecule has 0 radical (unpaired) electrons. The van der Waals surface area contributed by atoms with Gasteiger partial charge in [-0.25, -0.2) is 0 Å². The van der Waals surface area contributed by atoms with Gasteiger partial charge in [0.05, 0.1) is 11.1 Å². The Bertz CT molecular complexity index is 424. The Balaban J connectivity index is 2.26. The van der Waals surface area contributed by atoms with Crippen molar-refractivity contribution in [2.45, 2.75) is 32.8 Å². The van der Waals surface area contributed by atoms with Crippen LogP contribution in [0.25, 0.3) is 0 Å². The second kappa shape index (κ2) is 8.56. The number of hydrogen-bond donors (Lipinski definition) is 1. The molecule has 0 saturated heterocycles. The number of unbranched alkanes of at least 4 members (excludes halogenated alkanes) is 1. The fourth-order valence-electron chi connectivity index (χ4n) is 1.49. The van der Waals surface area contributed by atoms with Crippen LogP contribution in [0, 0.1) is 0 Å². The molecule has 0 saturated carbocycles. The summed E-state index contributed by atoms with van der Waals surface area (Å²) < 4.78 is 6.16. The molecule has 0 aliphatic heterocycles. The van der Waals surface area contributed by atoms with E-state index in [1.54, 1.807) is 18.2 Å². The fourth-order valence-corrected chi connectivity index (χ4v) is 1.98. The number of ether oxygens (including phenoxy) is 1. The summed E-state index contributed by atoms with van der Waals surface area (Å²) in [7, 11) is 0. The first-order chi connectivity index (χ1) is 9.00. The molecular weight excluding hydrogens is 330 g/mol. The van der Waals surface area contributed by atoms with E-state index in [2.05, 4.69) is 21.2 Å². The Morgan fingerprint density at radius 2 is 2.16 bits per heavy atom. The topological polar surface area (TPSA) is 38.3 Å². The minimum Gasteiger partial charge on any atom is -0.379 e. The molecule has 106 valence electrons. The van der Waals surface area contributed by atoms with Gasteiger partial charge in [-0.2, -0.15) is 0 Å². The van der Waals surface area contributed by atoms with Crippen LogP contribution in [-0.2, 0) is 4.74 Å². The van der Waals surface area contributed by atoms with Crippen molar-refractivity contribution in [1.29, 1.82) is 0 Å². The molecule has 0 aliphatic carbocycles. The number of halogens is 2. The quantitative estimate of drug-likeness (QED) is 0.755. The molecule has 1 aromatic rings. The van der Waals surface area contributed by atoms with Gasteiger partial charge in [-0.3, -0.25) is 4.79 Å². The van der Waals surface area contributed by atoms with Crippen molar-refractivity contribution >= 4 is 33.4 Å². The number of hydrogen-bond acceptors (Lipinski definition) is 2. The maximum Gasteiger partial charge on any atom is 0.251 e. The van der Waals surface area contributed by atoms with E-state index in [9.17, 15) is 4.79 Å². The molecule has 0 bridgehead atoms. The molecule has 1 N–H and O–H groups in total. The van der Waals surface area contributed by atoms with Gasteiger partial charge in [-0.15, -0.1) is 0 Å². The Morgan fingerprint density at radius 1 is 1.42 bits per heavy atom. The second-order valence-electron chi connectivity index (χ2n) is 4.51. The molecule has 0 unspecified atom stereocenters. The zero-order chi connectivity index (χ0) is 14.3. The van der Waals surface area contributed by atoms with Gasteiger partial charge < -0.3 is 10.1 Å². The highest BCUT2D eigenvalue weighted by atomic mass is 79.9. The van der Waals surface area contributed by atoms with Gasteiger partial charge in [-0.1, -0.05) is 11.6 Å². The van der Waals surface area contributed by atoms with Gasteiger partial charge in [0.25, 0.3) is 5.91 Å². The van der Waals surface area contributed by atoms with E-state index in [1.165, 1.54) is 0 Å². The lowest BCUT2D eigenvalue weighted by Gasteiger charge is -2.08. The molecule has 0 spiro atoms. The van der Waals surface area contributed by atoms with Crippen molar-refractivity contribution < 1.29 is 9.53 Å². The van der Waals surface area contributed by atoms with Crippen molar-refractivity contribution in [3.05, 3.63) is 33.3 Å². The molecule has 1 amide bonds. The normalized spacial score (nSPS) is 10.8. The number of nitrogens with one attached hydrogen (secondary N) is 1. The lowest BCUT2D eigenvalue weighted by molar-refractivity contribution is 0.0754. The highest BCUT2D eigenvalue weighted by Crippen LogP contribution is 2.23. The first-order valence-corrected chi connectivity index (χ1v) is 7.52. The monoisotopic (exact) mass is 347 g/mol. The third-order valence-corrected chi connectivity index (χ3v) is 3.70. The van der Waals surface area contributed by atoms with E-state index in [0.29, 0.717) is 17.1 Å². The third-order valence-electron chi connectivity index (χ3n) is 2.49. The average molecular weight is 349 g/mol. The molecule has 0 fully saturated rings. The van der Waals surface area contributed by atoms with Gasteiger partial charge in [0.1, 0.15) is 0 Å². The Kier molecular flexibility index (Phi) is 7.42. The first kappa shape index (κ1) is 16.5. The standard InChI is InChI=1S/C14H19BrClNO2/c1-10(2)19-8-4-3-7-17-14(18)11-5-6-13(16)12(15)9-11/h5-6,9-10H,3-4,7-8H2,1-2H3,(H,17,18). The van der Waals surface area contributed by atoms with Crippen molar-refractivity contribution in [1.82, 2.24) is 5.32 Å². The van der Waals surface area contributed by atoms with Crippen LogP contribution in [0.4, 0.5) is 0 Å². The van der Waals surface area contributed by atoms with Crippen molar-refractivity contribution in [2.24, 2.45) is 0 Å². The van der Waals surface area contributed by atoms with Crippen LogP contribution >= 0.6 is 27.5 Å². The van der Waals surface area contributed by atoms with Gasteiger partial charge in [0, 0.05) is 23.2 Å². The van der Waals surface area contributed by atoms with Crippen molar-refractivity contribution in [3.63, 3.8) is 0 Å². The maximum absolute atomic E-state index is 11.8. The molecule has 0 atom stereocenters. The Hall–Kier alpha value is -0.580. The van der Waals surface area contributed by atoms with Crippen LogP contribution in [-0.4, -0.2) is 25.2 Å². The Morgan fingerprint density at radius 3 is 2.79 bits per heavy atom.